The Labute approximate surface area is 127 Å². The number of allylic oxidation sites excluding steroid dienone is 6. The molecular formula is C15H15N3O4. The van der Waals surface area contributed by atoms with Gasteiger partial charge in [0.1, 0.15) is 5.41 Å². The zero-order valence-electron chi connectivity index (χ0n) is 12.2. The normalized spacial score (nSPS) is 30.0. The van der Waals surface area contributed by atoms with E-state index in [2.05, 4.69) is 0 Å². The van der Waals surface area contributed by atoms with Gasteiger partial charge in [-0.3, -0.25) is 19.7 Å². The molecule has 7 nitrogen and oxygen atoms in total. The number of hydrazine groups is 1. The SMILES string of the molecule is CN(C)N1C(=O)CC2C([N+](=O)[O-])=CC=C3C=CC=CC32C1=O. The van der Waals surface area contributed by atoms with E-state index in [1.807, 2.05) is 0 Å². The fraction of sp³-hybridized carbons (Fsp3) is 0.333. The van der Waals surface area contributed by atoms with Crippen LogP contribution in [0.5, 0.6) is 0 Å². The third kappa shape index (κ3) is 1.72. The van der Waals surface area contributed by atoms with Crippen LogP contribution in [0.25, 0.3) is 0 Å². The number of carbonyl (C=O) groups excluding carboxylic acids is 2. The predicted molar refractivity (Wildman–Crippen MR) is 77.5 cm³/mol. The van der Waals surface area contributed by atoms with Crippen molar-refractivity contribution in [3.63, 3.8) is 0 Å². The highest BCUT2D eigenvalue weighted by Gasteiger charge is 2.59. The minimum absolute atomic E-state index is 0.0771. The Morgan fingerprint density at radius 3 is 2.68 bits per heavy atom. The lowest BCUT2D eigenvalue weighted by molar-refractivity contribution is -0.436. The lowest BCUT2D eigenvalue weighted by atomic mass is 9.61. The van der Waals surface area contributed by atoms with E-state index in [1.165, 1.54) is 11.1 Å². The second-order valence-electron chi connectivity index (χ2n) is 5.67. The Morgan fingerprint density at radius 2 is 2.05 bits per heavy atom. The molecule has 3 rings (SSSR count). The lowest BCUT2D eigenvalue weighted by Gasteiger charge is -2.47. The summed E-state index contributed by atoms with van der Waals surface area (Å²) in [6.45, 7) is 0. The molecule has 1 aliphatic heterocycles. The number of piperidine rings is 1. The van der Waals surface area contributed by atoms with Crippen molar-refractivity contribution in [1.82, 2.24) is 10.0 Å². The van der Waals surface area contributed by atoms with Gasteiger partial charge in [-0.1, -0.05) is 30.4 Å². The Balaban J connectivity index is 2.20. The smallest absolute Gasteiger partial charge is 0.259 e. The van der Waals surface area contributed by atoms with Crippen LogP contribution in [-0.2, 0) is 9.59 Å². The summed E-state index contributed by atoms with van der Waals surface area (Å²) in [5, 5.41) is 13.8. The lowest BCUT2D eigenvalue weighted by Crippen LogP contribution is -2.61. The Hall–Kier alpha value is -2.54. The van der Waals surface area contributed by atoms with E-state index < -0.39 is 28.1 Å². The summed E-state index contributed by atoms with van der Waals surface area (Å²) in [6, 6.07) is 0. The van der Waals surface area contributed by atoms with Crippen molar-refractivity contribution in [2.75, 3.05) is 14.1 Å². The molecule has 0 radical (unpaired) electrons. The highest BCUT2D eigenvalue weighted by molar-refractivity contribution is 6.04. The molecule has 0 bridgehead atoms. The number of amides is 2. The van der Waals surface area contributed by atoms with Crippen LogP contribution in [0.3, 0.4) is 0 Å². The zero-order valence-corrected chi connectivity index (χ0v) is 12.2. The van der Waals surface area contributed by atoms with Crippen LogP contribution in [-0.4, -0.2) is 40.9 Å². The summed E-state index contributed by atoms with van der Waals surface area (Å²) in [6.07, 6.45) is 9.83. The van der Waals surface area contributed by atoms with Crippen LogP contribution in [0.2, 0.25) is 0 Å². The number of hydrogen-bond donors (Lipinski definition) is 0. The maximum Gasteiger partial charge on any atom is 0.259 e. The fourth-order valence-electron chi connectivity index (χ4n) is 3.39. The van der Waals surface area contributed by atoms with Crippen LogP contribution in [0.15, 0.2) is 47.7 Å². The summed E-state index contributed by atoms with van der Waals surface area (Å²) in [4.78, 5) is 36.1. The highest BCUT2D eigenvalue weighted by Crippen LogP contribution is 2.51. The summed E-state index contributed by atoms with van der Waals surface area (Å²) in [7, 11) is 3.21. The van der Waals surface area contributed by atoms with E-state index in [9.17, 15) is 19.7 Å². The topological polar surface area (TPSA) is 83.8 Å². The largest absolute Gasteiger partial charge is 0.273 e. The average molecular weight is 301 g/mol. The molecule has 0 aromatic rings. The van der Waals surface area contributed by atoms with Gasteiger partial charge in [0.25, 0.3) is 11.6 Å². The first-order chi connectivity index (χ1) is 10.4. The van der Waals surface area contributed by atoms with Gasteiger partial charge >= 0.3 is 0 Å². The molecule has 0 N–H and O–H groups in total. The number of nitro groups is 1. The van der Waals surface area contributed by atoms with Crippen LogP contribution in [0.4, 0.5) is 0 Å². The molecule has 1 saturated heterocycles. The fourth-order valence-corrected chi connectivity index (χ4v) is 3.39. The predicted octanol–water partition coefficient (Wildman–Crippen LogP) is 1.05. The van der Waals surface area contributed by atoms with Gasteiger partial charge in [-0.2, -0.15) is 0 Å². The molecule has 1 heterocycles. The van der Waals surface area contributed by atoms with Crippen molar-refractivity contribution in [2.24, 2.45) is 11.3 Å². The molecule has 0 aromatic heterocycles. The summed E-state index contributed by atoms with van der Waals surface area (Å²) in [5.41, 5.74) is -0.594. The molecule has 2 amide bonds. The molecule has 7 heteroatoms. The van der Waals surface area contributed by atoms with Gasteiger partial charge in [-0.05, 0) is 5.57 Å². The minimum atomic E-state index is -1.18. The number of hydrogen-bond acceptors (Lipinski definition) is 5. The van der Waals surface area contributed by atoms with E-state index in [1.54, 1.807) is 44.5 Å². The molecule has 22 heavy (non-hydrogen) atoms. The quantitative estimate of drug-likeness (QED) is 0.432. The third-order valence-electron chi connectivity index (χ3n) is 4.34. The van der Waals surface area contributed by atoms with Gasteiger partial charge in [-0.25, -0.2) is 10.0 Å². The number of imide groups is 1. The van der Waals surface area contributed by atoms with Crippen molar-refractivity contribution in [2.45, 2.75) is 6.42 Å². The minimum Gasteiger partial charge on any atom is -0.273 e. The van der Waals surface area contributed by atoms with Crippen molar-refractivity contribution in [1.29, 1.82) is 0 Å². The second-order valence-corrected chi connectivity index (χ2v) is 5.67. The second kappa shape index (κ2) is 4.74. The Kier molecular flexibility index (Phi) is 3.10. The first-order valence-corrected chi connectivity index (χ1v) is 6.87. The van der Waals surface area contributed by atoms with Crippen molar-refractivity contribution in [3.8, 4) is 0 Å². The van der Waals surface area contributed by atoms with Crippen molar-refractivity contribution in [3.05, 3.63) is 57.8 Å². The average Bonchev–Trinajstić information content (AvgIpc) is 2.45. The molecule has 114 valence electrons. The Morgan fingerprint density at radius 1 is 1.32 bits per heavy atom. The van der Waals surface area contributed by atoms with Crippen molar-refractivity contribution < 1.29 is 14.5 Å². The molecule has 3 aliphatic rings. The van der Waals surface area contributed by atoms with Crippen LogP contribution < -0.4 is 0 Å². The van der Waals surface area contributed by atoms with E-state index in [0.29, 0.717) is 5.57 Å². The van der Waals surface area contributed by atoms with Gasteiger partial charge < -0.3 is 0 Å². The molecule has 2 aliphatic carbocycles. The monoisotopic (exact) mass is 301 g/mol. The van der Waals surface area contributed by atoms with Crippen LogP contribution in [0.1, 0.15) is 6.42 Å². The van der Waals surface area contributed by atoms with E-state index in [0.717, 1.165) is 5.01 Å². The van der Waals surface area contributed by atoms with E-state index >= 15 is 0 Å². The highest BCUT2D eigenvalue weighted by atomic mass is 16.6. The molecule has 0 aromatic carbocycles. The number of carbonyl (C=O) groups is 2. The van der Waals surface area contributed by atoms with Gasteiger partial charge in [0.15, 0.2) is 0 Å². The molecule has 0 saturated carbocycles. The van der Waals surface area contributed by atoms with Crippen LogP contribution >= 0.6 is 0 Å². The maximum absolute atomic E-state index is 13.0. The number of rotatable bonds is 2. The summed E-state index contributed by atoms with van der Waals surface area (Å²) < 4.78 is 0. The molecule has 1 fully saturated rings. The first kappa shape index (κ1) is 14.4. The standard InChI is InChI=1S/C15H15N3O4/c1-16(2)17-13(19)9-11-12(18(21)22)7-6-10-5-3-4-8-15(10,11)14(17)20/h3-8,11H,9H2,1-2H3. The summed E-state index contributed by atoms with van der Waals surface area (Å²) in [5.74, 6) is -1.65. The number of nitrogens with zero attached hydrogens (tertiary/aromatic N) is 3. The zero-order chi connectivity index (χ0) is 16.1. The summed E-state index contributed by atoms with van der Waals surface area (Å²) >= 11 is 0. The first-order valence-electron chi connectivity index (χ1n) is 6.87. The maximum atomic E-state index is 13.0. The van der Waals surface area contributed by atoms with Gasteiger partial charge in [-0.15, -0.1) is 0 Å². The van der Waals surface area contributed by atoms with Gasteiger partial charge in [0, 0.05) is 26.6 Å². The van der Waals surface area contributed by atoms with Gasteiger partial charge in [0.05, 0.1) is 10.8 Å². The van der Waals surface area contributed by atoms with Crippen molar-refractivity contribution >= 4 is 11.8 Å². The van der Waals surface area contributed by atoms with Gasteiger partial charge in [0.2, 0.25) is 5.91 Å². The van der Waals surface area contributed by atoms with Crippen LogP contribution in [0, 0.1) is 21.4 Å². The molecule has 1 spiro atoms. The van der Waals surface area contributed by atoms with E-state index in [-0.39, 0.29) is 12.1 Å². The third-order valence-corrected chi connectivity index (χ3v) is 4.34. The Bertz CT molecular complexity index is 702. The molecular weight excluding hydrogens is 286 g/mol. The molecule has 2 atom stereocenters. The van der Waals surface area contributed by atoms with E-state index in [4.69, 9.17) is 0 Å². The molecule has 2 unspecified atom stereocenters.